The molecule has 1 heterocycles. The Labute approximate surface area is 94.3 Å². The molecule has 1 aromatic heterocycles. The molecule has 1 unspecified atom stereocenters. The summed E-state index contributed by atoms with van der Waals surface area (Å²) in [7, 11) is 0. The first kappa shape index (κ1) is 11.2. The third-order valence-electron chi connectivity index (χ3n) is 1.56. The molecule has 0 amide bonds. The lowest BCUT2D eigenvalue weighted by Gasteiger charge is -2.11. The van der Waals surface area contributed by atoms with Crippen molar-refractivity contribution in [1.29, 1.82) is 0 Å². The minimum Gasteiger partial charge on any atom is -0.480 e. The molecule has 5 heteroatoms. The van der Waals surface area contributed by atoms with E-state index in [1.54, 1.807) is 0 Å². The van der Waals surface area contributed by atoms with Crippen LogP contribution in [0.3, 0.4) is 0 Å². The second kappa shape index (κ2) is 5.15. The summed E-state index contributed by atoms with van der Waals surface area (Å²) >= 11 is 4.66. The zero-order valence-corrected chi connectivity index (χ0v) is 9.56. The number of halogens is 1. The van der Waals surface area contributed by atoms with Gasteiger partial charge in [-0.05, 0) is 27.4 Å². The Morgan fingerprint density at radius 3 is 3.00 bits per heavy atom. The molecule has 0 aliphatic rings. The quantitative estimate of drug-likeness (QED) is 0.824. The van der Waals surface area contributed by atoms with E-state index in [1.807, 2.05) is 11.4 Å². The fraction of sp³-hybridized carbons (Fsp3) is 0.222. The molecule has 1 aromatic rings. The van der Waals surface area contributed by atoms with Gasteiger partial charge in [0.25, 0.3) is 0 Å². The first-order valence-electron chi connectivity index (χ1n) is 3.79. The summed E-state index contributed by atoms with van der Waals surface area (Å²) in [5.74, 6) is 1.42. The highest BCUT2D eigenvalue weighted by atomic mass is 79.9. The monoisotopic (exact) mass is 273 g/mol. The molecule has 0 spiro atoms. The van der Waals surface area contributed by atoms with Gasteiger partial charge in [0.1, 0.15) is 6.04 Å². The molecule has 74 valence electrons. The molecular weight excluding hydrogens is 266 g/mol. The molecule has 0 saturated heterocycles. The topological polar surface area (TPSA) is 49.3 Å². The molecule has 0 saturated carbocycles. The highest BCUT2D eigenvalue weighted by Gasteiger charge is 2.22. The van der Waals surface area contributed by atoms with Gasteiger partial charge >= 0.3 is 5.97 Å². The van der Waals surface area contributed by atoms with Gasteiger partial charge in [-0.15, -0.1) is 17.8 Å². The van der Waals surface area contributed by atoms with Crippen molar-refractivity contribution in [3.63, 3.8) is 0 Å². The molecule has 1 rings (SSSR count). The lowest BCUT2D eigenvalue weighted by atomic mass is 10.2. The number of carboxylic acids is 1. The molecule has 0 bridgehead atoms. The molecule has 0 radical (unpaired) electrons. The Morgan fingerprint density at radius 2 is 2.57 bits per heavy atom. The highest BCUT2D eigenvalue weighted by Crippen LogP contribution is 2.29. The van der Waals surface area contributed by atoms with E-state index in [9.17, 15) is 4.79 Å². The van der Waals surface area contributed by atoms with Crippen molar-refractivity contribution < 1.29 is 9.90 Å². The molecular formula is C9H8BrNO2S. The SMILES string of the molecule is C#CCNC(C(=O)O)c1sccc1Br. The number of terminal acetylenes is 1. The lowest BCUT2D eigenvalue weighted by molar-refractivity contribution is -0.139. The third kappa shape index (κ3) is 2.58. The van der Waals surface area contributed by atoms with Gasteiger partial charge in [-0.25, -0.2) is 0 Å². The van der Waals surface area contributed by atoms with Gasteiger partial charge in [0, 0.05) is 9.35 Å². The third-order valence-corrected chi connectivity index (χ3v) is 3.50. The zero-order chi connectivity index (χ0) is 10.6. The Balaban J connectivity index is 2.84. The maximum atomic E-state index is 10.9. The molecule has 0 fully saturated rings. The number of carbonyl (C=O) groups is 1. The van der Waals surface area contributed by atoms with E-state index in [0.717, 1.165) is 9.35 Å². The van der Waals surface area contributed by atoms with E-state index in [0.29, 0.717) is 0 Å². The number of nitrogens with one attached hydrogen (secondary N) is 1. The highest BCUT2D eigenvalue weighted by molar-refractivity contribution is 9.10. The Hall–Kier alpha value is -0.830. The maximum Gasteiger partial charge on any atom is 0.326 e. The Kier molecular flexibility index (Phi) is 4.14. The van der Waals surface area contributed by atoms with Gasteiger partial charge < -0.3 is 5.11 Å². The second-order valence-corrected chi connectivity index (χ2v) is 4.29. The van der Waals surface area contributed by atoms with Crippen LogP contribution in [0, 0.1) is 12.3 Å². The van der Waals surface area contributed by atoms with E-state index in [4.69, 9.17) is 11.5 Å². The molecule has 0 aromatic carbocycles. The summed E-state index contributed by atoms with van der Waals surface area (Å²) < 4.78 is 0.791. The smallest absolute Gasteiger partial charge is 0.326 e. The molecule has 1 atom stereocenters. The number of carboxylic acid groups (broad SMARTS) is 1. The van der Waals surface area contributed by atoms with Crippen molar-refractivity contribution >= 4 is 33.2 Å². The van der Waals surface area contributed by atoms with Crippen LogP contribution in [0.1, 0.15) is 10.9 Å². The lowest BCUT2D eigenvalue weighted by Crippen LogP contribution is -2.28. The summed E-state index contributed by atoms with van der Waals surface area (Å²) in [5, 5.41) is 13.5. The molecule has 3 nitrogen and oxygen atoms in total. The average Bonchev–Trinajstić information content (AvgIpc) is 2.52. The van der Waals surface area contributed by atoms with Gasteiger partial charge in [0.15, 0.2) is 0 Å². The van der Waals surface area contributed by atoms with E-state index in [1.165, 1.54) is 11.3 Å². The van der Waals surface area contributed by atoms with Gasteiger partial charge in [-0.2, -0.15) is 0 Å². The Morgan fingerprint density at radius 1 is 1.86 bits per heavy atom. The average molecular weight is 274 g/mol. The predicted molar refractivity (Wildman–Crippen MR) is 59.2 cm³/mol. The van der Waals surface area contributed by atoms with Gasteiger partial charge in [0.2, 0.25) is 0 Å². The van der Waals surface area contributed by atoms with Gasteiger partial charge in [-0.3, -0.25) is 10.1 Å². The first-order valence-corrected chi connectivity index (χ1v) is 5.46. The summed E-state index contributed by atoms with van der Waals surface area (Å²) in [6.45, 7) is 0.237. The zero-order valence-electron chi connectivity index (χ0n) is 7.16. The van der Waals surface area contributed by atoms with Crippen molar-refractivity contribution in [1.82, 2.24) is 5.32 Å². The van der Waals surface area contributed by atoms with Crippen LogP contribution in [0.4, 0.5) is 0 Å². The van der Waals surface area contributed by atoms with E-state index in [-0.39, 0.29) is 6.54 Å². The van der Waals surface area contributed by atoms with Crippen molar-refractivity contribution in [2.24, 2.45) is 0 Å². The summed E-state index contributed by atoms with van der Waals surface area (Å²) in [6.07, 6.45) is 5.05. The fourth-order valence-electron chi connectivity index (χ4n) is 0.965. The Bertz CT molecular complexity index is 369. The first-order chi connectivity index (χ1) is 6.66. The summed E-state index contributed by atoms with van der Waals surface area (Å²) in [4.78, 5) is 11.6. The number of hydrogen-bond donors (Lipinski definition) is 2. The number of hydrogen-bond acceptors (Lipinski definition) is 3. The number of rotatable bonds is 4. The van der Waals surface area contributed by atoms with E-state index in [2.05, 4.69) is 27.2 Å². The van der Waals surface area contributed by atoms with Gasteiger partial charge in [0.05, 0.1) is 6.54 Å². The largest absolute Gasteiger partial charge is 0.480 e. The molecule has 0 aliphatic carbocycles. The number of aliphatic carboxylic acids is 1. The van der Waals surface area contributed by atoms with Crippen LogP contribution in [0.2, 0.25) is 0 Å². The predicted octanol–water partition coefficient (Wildman–Crippen LogP) is 1.86. The minimum absolute atomic E-state index is 0.237. The second-order valence-electron chi connectivity index (χ2n) is 2.49. The van der Waals surface area contributed by atoms with Crippen LogP contribution in [0.5, 0.6) is 0 Å². The van der Waals surface area contributed by atoms with Crippen molar-refractivity contribution in [2.75, 3.05) is 6.54 Å². The van der Waals surface area contributed by atoms with Gasteiger partial charge in [-0.1, -0.05) is 5.92 Å². The summed E-state index contributed by atoms with van der Waals surface area (Å²) in [6, 6.07) is 1.08. The molecule has 2 N–H and O–H groups in total. The minimum atomic E-state index is -0.927. The van der Waals surface area contributed by atoms with Crippen LogP contribution in [0.25, 0.3) is 0 Å². The summed E-state index contributed by atoms with van der Waals surface area (Å²) in [5.41, 5.74) is 0. The van der Waals surface area contributed by atoms with Crippen LogP contribution in [-0.4, -0.2) is 17.6 Å². The maximum absolute atomic E-state index is 10.9. The van der Waals surface area contributed by atoms with Crippen LogP contribution in [0.15, 0.2) is 15.9 Å². The molecule has 0 aliphatic heterocycles. The van der Waals surface area contributed by atoms with Crippen molar-refractivity contribution in [3.05, 3.63) is 20.8 Å². The van der Waals surface area contributed by atoms with Crippen molar-refractivity contribution in [3.8, 4) is 12.3 Å². The molecule has 14 heavy (non-hydrogen) atoms. The van der Waals surface area contributed by atoms with Crippen LogP contribution >= 0.6 is 27.3 Å². The number of thiophene rings is 1. The fourth-order valence-corrected chi connectivity index (χ4v) is 2.63. The standard InChI is InChI=1S/C9H8BrNO2S/c1-2-4-11-7(9(12)13)8-6(10)3-5-14-8/h1,3,5,7,11H,4H2,(H,12,13). The van der Waals surface area contributed by atoms with E-state index >= 15 is 0 Å². The van der Waals surface area contributed by atoms with Crippen molar-refractivity contribution in [2.45, 2.75) is 6.04 Å². The normalized spacial score (nSPS) is 12.0. The van der Waals surface area contributed by atoms with E-state index < -0.39 is 12.0 Å². The van der Waals surface area contributed by atoms with Crippen LogP contribution < -0.4 is 5.32 Å². The van der Waals surface area contributed by atoms with Crippen LogP contribution in [-0.2, 0) is 4.79 Å².